The summed E-state index contributed by atoms with van der Waals surface area (Å²) >= 11 is 0. The minimum atomic E-state index is -1.13. The Bertz CT molecular complexity index is 444. The Hall–Kier alpha value is -1.62. The number of ether oxygens (including phenoxy) is 1. The lowest BCUT2D eigenvalue weighted by Crippen LogP contribution is -2.25. The van der Waals surface area contributed by atoms with Gasteiger partial charge in [-0.1, -0.05) is 0 Å². The van der Waals surface area contributed by atoms with Gasteiger partial charge in [0.1, 0.15) is 6.10 Å². The standard InChI is InChI=1S/C13H16FNO3/c1-8(16)13(17)15-9-5-6-12(11(14)7-9)18-10-3-2-4-10/h5-8,10,16H,2-4H2,1H3,(H,15,17). The van der Waals surface area contributed by atoms with Crippen LogP contribution in [0.3, 0.4) is 0 Å². The molecule has 1 aromatic carbocycles. The molecule has 1 unspecified atom stereocenters. The quantitative estimate of drug-likeness (QED) is 0.863. The molecule has 0 heterocycles. The lowest BCUT2D eigenvalue weighted by Gasteiger charge is -2.26. The van der Waals surface area contributed by atoms with E-state index in [-0.39, 0.29) is 11.9 Å². The van der Waals surface area contributed by atoms with Gasteiger partial charge in [-0.2, -0.15) is 0 Å². The van der Waals surface area contributed by atoms with E-state index in [4.69, 9.17) is 9.84 Å². The molecule has 0 saturated heterocycles. The molecule has 5 heteroatoms. The lowest BCUT2D eigenvalue weighted by atomic mass is 9.96. The van der Waals surface area contributed by atoms with Gasteiger partial charge in [0.25, 0.3) is 5.91 Å². The highest BCUT2D eigenvalue weighted by Gasteiger charge is 2.20. The summed E-state index contributed by atoms with van der Waals surface area (Å²) < 4.78 is 19.1. The van der Waals surface area contributed by atoms with Gasteiger partial charge in [-0.25, -0.2) is 4.39 Å². The molecule has 1 aromatic rings. The zero-order valence-corrected chi connectivity index (χ0v) is 10.1. The number of hydrogen-bond acceptors (Lipinski definition) is 3. The molecule has 0 radical (unpaired) electrons. The van der Waals surface area contributed by atoms with Crippen molar-refractivity contribution in [2.75, 3.05) is 5.32 Å². The number of amides is 1. The van der Waals surface area contributed by atoms with E-state index in [1.807, 2.05) is 0 Å². The molecule has 98 valence electrons. The Morgan fingerprint density at radius 3 is 2.78 bits per heavy atom. The van der Waals surface area contributed by atoms with Gasteiger partial charge in [0.15, 0.2) is 11.6 Å². The summed E-state index contributed by atoms with van der Waals surface area (Å²) in [4.78, 5) is 11.2. The second-order valence-corrected chi connectivity index (χ2v) is 4.48. The number of rotatable bonds is 4. The zero-order valence-electron chi connectivity index (χ0n) is 10.1. The minimum absolute atomic E-state index is 0.109. The summed E-state index contributed by atoms with van der Waals surface area (Å²) in [6, 6.07) is 4.23. The maximum atomic E-state index is 13.7. The fraction of sp³-hybridized carbons (Fsp3) is 0.462. The highest BCUT2D eigenvalue weighted by atomic mass is 19.1. The smallest absolute Gasteiger partial charge is 0.252 e. The van der Waals surface area contributed by atoms with Crippen LogP contribution in [-0.2, 0) is 4.79 Å². The van der Waals surface area contributed by atoms with Crippen molar-refractivity contribution in [3.8, 4) is 5.75 Å². The lowest BCUT2D eigenvalue weighted by molar-refractivity contribution is -0.123. The van der Waals surface area contributed by atoms with Crippen molar-refractivity contribution in [2.24, 2.45) is 0 Å². The first kappa shape index (κ1) is 12.8. The monoisotopic (exact) mass is 253 g/mol. The summed E-state index contributed by atoms with van der Waals surface area (Å²) in [6.45, 7) is 1.35. The van der Waals surface area contributed by atoms with E-state index in [1.54, 1.807) is 6.07 Å². The fourth-order valence-electron chi connectivity index (χ4n) is 1.59. The number of aliphatic hydroxyl groups excluding tert-OH is 1. The van der Waals surface area contributed by atoms with Crippen molar-refractivity contribution in [3.63, 3.8) is 0 Å². The molecule has 4 nitrogen and oxygen atoms in total. The number of carbonyl (C=O) groups is 1. The summed E-state index contributed by atoms with van der Waals surface area (Å²) in [5.41, 5.74) is 0.305. The molecule has 2 N–H and O–H groups in total. The van der Waals surface area contributed by atoms with Crippen LogP contribution in [0.25, 0.3) is 0 Å². The van der Waals surface area contributed by atoms with Gasteiger partial charge in [-0.15, -0.1) is 0 Å². The SMILES string of the molecule is CC(O)C(=O)Nc1ccc(OC2CCC2)c(F)c1. The maximum absolute atomic E-state index is 13.7. The molecule has 0 aliphatic heterocycles. The highest BCUT2D eigenvalue weighted by molar-refractivity contribution is 5.93. The number of benzene rings is 1. The fourth-order valence-corrected chi connectivity index (χ4v) is 1.59. The van der Waals surface area contributed by atoms with Crippen molar-refractivity contribution in [3.05, 3.63) is 24.0 Å². The first-order valence-electron chi connectivity index (χ1n) is 6.01. The van der Waals surface area contributed by atoms with E-state index in [1.165, 1.54) is 19.1 Å². The average molecular weight is 253 g/mol. The van der Waals surface area contributed by atoms with Crippen LogP contribution in [0, 0.1) is 5.82 Å². The van der Waals surface area contributed by atoms with Crippen LogP contribution in [0.4, 0.5) is 10.1 Å². The topological polar surface area (TPSA) is 58.6 Å². The van der Waals surface area contributed by atoms with Gasteiger partial charge in [0.2, 0.25) is 0 Å². The first-order chi connectivity index (χ1) is 8.56. The molecular weight excluding hydrogens is 237 g/mol. The van der Waals surface area contributed by atoms with Crippen molar-refractivity contribution in [1.82, 2.24) is 0 Å². The summed E-state index contributed by atoms with van der Waals surface area (Å²) in [5, 5.41) is 11.4. The molecule has 0 aromatic heterocycles. The van der Waals surface area contributed by atoms with Gasteiger partial charge >= 0.3 is 0 Å². The average Bonchev–Trinajstić information content (AvgIpc) is 2.25. The van der Waals surface area contributed by atoms with Crippen LogP contribution in [-0.4, -0.2) is 23.2 Å². The summed E-state index contributed by atoms with van der Waals surface area (Å²) in [7, 11) is 0. The van der Waals surface area contributed by atoms with E-state index >= 15 is 0 Å². The predicted octanol–water partition coefficient (Wildman–Crippen LogP) is 2.08. The third-order valence-corrected chi connectivity index (χ3v) is 2.92. The van der Waals surface area contributed by atoms with Gasteiger partial charge < -0.3 is 15.2 Å². The molecule has 1 saturated carbocycles. The second-order valence-electron chi connectivity index (χ2n) is 4.48. The normalized spacial score (nSPS) is 16.8. The summed E-state index contributed by atoms with van der Waals surface area (Å²) in [5.74, 6) is -0.873. The molecule has 2 rings (SSSR count). The van der Waals surface area contributed by atoms with Crippen molar-refractivity contribution in [2.45, 2.75) is 38.4 Å². The Morgan fingerprint density at radius 1 is 1.56 bits per heavy atom. The molecule has 1 fully saturated rings. The molecule has 1 aliphatic carbocycles. The van der Waals surface area contributed by atoms with Crippen molar-refractivity contribution >= 4 is 11.6 Å². The molecule has 0 spiro atoms. The number of hydrogen-bond donors (Lipinski definition) is 2. The summed E-state index contributed by atoms with van der Waals surface area (Å²) in [6.07, 6.45) is 2.02. The van der Waals surface area contributed by atoms with Crippen LogP contribution >= 0.6 is 0 Å². The predicted molar refractivity (Wildman–Crippen MR) is 65.0 cm³/mol. The molecule has 1 amide bonds. The second kappa shape index (κ2) is 5.35. The molecular formula is C13H16FNO3. The highest BCUT2D eigenvalue weighted by Crippen LogP contribution is 2.28. The van der Waals surface area contributed by atoms with E-state index in [0.717, 1.165) is 19.3 Å². The van der Waals surface area contributed by atoms with Crippen LogP contribution in [0.2, 0.25) is 0 Å². The largest absolute Gasteiger partial charge is 0.487 e. The van der Waals surface area contributed by atoms with Gasteiger partial charge in [0, 0.05) is 11.8 Å². The Kier molecular flexibility index (Phi) is 3.81. The van der Waals surface area contributed by atoms with Crippen LogP contribution < -0.4 is 10.1 Å². The first-order valence-corrected chi connectivity index (χ1v) is 6.01. The number of nitrogens with one attached hydrogen (secondary N) is 1. The van der Waals surface area contributed by atoms with Gasteiger partial charge in [-0.3, -0.25) is 4.79 Å². The Morgan fingerprint density at radius 2 is 2.28 bits per heavy atom. The Labute approximate surface area is 105 Å². The van der Waals surface area contributed by atoms with Crippen molar-refractivity contribution < 1.29 is 19.0 Å². The zero-order chi connectivity index (χ0) is 13.1. The molecule has 0 bridgehead atoms. The minimum Gasteiger partial charge on any atom is -0.487 e. The van der Waals surface area contributed by atoms with E-state index < -0.39 is 17.8 Å². The maximum Gasteiger partial charge on any atom is 0.252 e. The third-order valence-electron chi connectivity index (χ3n) is 2.92. The number of halogens is 1. The third kappa shape index (κ3) is 2.98. The van der Waals surface area contributed by atoms with Crippen LogP contribution in [0.15, 0.2) is 18.2 Å². The number of anilines is 1. The molecule has 1 atom stereocenters. The van der Waals surface area contributed by atoms with Crippen LogP contribution in [0.5, 0.6) is 5.75 Å². The van der Waals surface area contributed by atoms with Crippen LogP contribution in [0.1, 0.15) is 26.2 Å². The molecule has 18 heavy (non-hydrogen) atoms. The van der Waals surface area contributed by atoms with E-state index in [9.17, 15) is 9.18 Å². The number of aliphatic hydroxyl groups is 1. The Balaban J connectivity index is 2.02. The van der Waals surface area contributed by atoms with E-state index in [0.29, 0.717) is 5.69 Å². The van der Waals surface area contributed by atoms with Gasteiger partial charge in [0.05, 0.1) is 6.10 Å². The molecule has 1 aliphatic rings. The van der Waals surface area contributed by atoms with E-state index in [2.05, 4.69) is 5.32 Å². The number of carbonyl (C=O) groups excluding carboxylic acids is 1. The van der Waals surface area contributed by atoms with Gasteiger partial charge in [-0.05, 0) is 38.3 Å². The van der Waals surface area contributed by atoms with Crippen molar-refractivity contribution in [1.29, 1.82) is 0 Å².